The molecule has 2 rings (SSSR count). The number of hydrogen-bond donors (Lipinski definition) is 2. The van der Waals surface area contributed by atoms with Crippen molar-refractivity contribution < 1.29 is 9.52 Å². The van der Waals surface area contributed by atoms with E-state index < -0.39 is 6.10 Å². The molecule has 1 atom stereocenters. The molecular formula is C10H13N3O2S. The van der Waals surface area contributed by atoms with Crippen LogP contribution in [-0.2, 0) is 6.54 Å². The SMILES string of the molecule is Cc1ccc(C(O)CNCc2csnn2)o1. The summed E-state index contributed by atoms with van der Waals surface area (Å²) in [6.07, 6.45) is -0.625. The van der Waals surface area contributed by atoms with Crippen LogP contribution >= 0.6 is 11.5 Å². The predicted molar refractivity (Wildman–Crippen MR) is 60.0 cm³/mol. The molecular weight excluding hydrogens is 226 g/mol. The number of aromatic nitrogens is 2. The van der Waals surface area contributed by atoms with Gasteiger partial charge >= 0.3 is 0 Å². The molecule has 5 nitrogen and oxygen atoms in total. The highest BCUT2D eigenvalue weighted by Crippen LogP contribution is 2.15. The molecule has 0 amide bonds. The zero-order valence-corrected chi connectivity index (χ0v) is 9.70. The van der Waals surface area contributed by atoms with Gasteiger partial charge in [0.25, 0.3) is 0 Å². The quantitative estimate of drug-likeness (QED) is 0.822. The van der Waals surface area contributed by atoms with Crippen molar-refractivity contribution in [2.45, 2.75) is 19.6 Å². The first-order chi connectivity index (χ1) is 7.75. The Balaban J connectivity index is 1.78. The van der Waals surface area contributed by atoms with Gasteiger partial charge in [-0.2, -0.15) is 0 Å². The highest BCUT2D eigenvalue weighted by atomic mass is 32.1. The largest absolute Gasteiger partial charge is 0.464 e. The molecule has 0 bridgehead atoms. The first-order valence-electron chi connectivity index (χ1n) is 4.97. The summed E-state index contributed by atoms with van der Waals surface area (Å²) in [7, 11) is 0. The van der Waals surface area contributed by atoms with Crippen LogP contribution < -0.4 is 5.32 Å². The topological polar surface area (TPSA) is 71.2 Å². The summed E-state index contributed by atoms with van der Waals surface area (Å²) in [6, 6.07) is 3.62. The molecule has 1 unspecified atom stereocenters. The van der Waals surface area contributed by atoms with E-state index in [0.717, 1.165) is 11.5 Å². The average molecular weight is 239 g/mol. The highest BCUT2D eigenvalue weighted by Gasteiger charge is 2.10. The Morgan fingerprint density at radius 1 is 1.56 bits per heavy atom. The van der Waals surface area contributed by atoms with Crippen molar-refractivity contribution >= 4 is 11.5 Å². The van der Waals surface area contributed by atoms with E-state index in [1.807, 2.05) is 18.4 Å². The lowest BCUT2D eigenvalue weighted by atomic mass is 10.2. The molecule has 2 aromatic rings. The Labute approximate surface area is 97.3 Å². The standard InChI is InChI=1S/C10H13N3O2S/c1-7-2-3-10(15-7)9(14)5-11-4-8-6-16-13-12-8/h2-3,6,9,11,14H,4-5H2,1H3. The number of aryl methyl sites for hydroxylation is 1. The van der Waals surface area contributed by atoms with E-state index in [4.69, 9.17) is 4.42 Å². The maximum absolute atomic E-state index is 9.77. The minimum Gasteiger partial charge on any atom is -0.464 e. The summed E-state index contributed by atoms with van der Waals surface area (Å²) in [5.41, 5.74) is 0.882. The fourth-order valence-corrected chi connectivity index (χ4v) is 1.78. The van der Waals surface area contributed by atoms with Gasteiger partial charge in [0.15, 0.2) is 0 Å². The third-order valence-electron chi connectivity index (χ3n) is 2.14. The van der Waals surface area contributed by atoms with Crippen LogP contribution in [-0.4, -0.2) is 21.2 Å². The predicted octanol–water partition coefficient (Wildman–Crippen LogP) is 1.26. The summed E-state index contributed by atoms with van der Waals surface area (Å²) >= 11 is 1.32. The van der Waals surface area contributed by atoms with Crippen LogP contribution in [0.15, 0.2) is 21.9 Å². The number of aliphatic hydroxyl groups is 1. The lowest BCUT2D eigenvalue weighted by Gasteiger charge is -2.08. The Kier molecular flexibility index (Phi) is 3.66. The van der Waals surface area contributed by atoms with Crippen LogP contribution in [0.2, 0.25) is 0 Å². The van der Waals surface area contributed by atoms with Crippen molar-refractivity contribution in [1.82, 2.24) is 14.9 Å². The third-order valence-corrected chi connectivity index (χ3v) is 2.69. The summed E-state index contributed by atoms with van der Waals surface area (Å²) in [5, 5.41) is 18.6. The van der Waals surface area contributed by atoms with E-state index in [1.54, 1.807) is 6.07 Å². The van der Waals surface area contributed by atoms with Gasteiger partial charge in [-0.1, -0.05) is 4.49 Å². The first kappa shape index (κ1) is 11.3. The van der Waals surface area contributed by atoms with E-state index in [9.17, 15) is 5.11 Å². The van der Waals surface area contributed by atoms with Gasteiger partial charge < -0.3 is 14.8 Å². The highest BCUT2D eigenvalue weighted by molar-refractivity contribution is 7.03. The zero-order chi connectivity index (χ0) is 11.4. The molecule has 0 radical (unpaired) electrons. The lowest BCUT2D eigenvalue weighted by Crippen LogP contribution is -2.20. The number of hydrogen-bond acceptors (Lipinski definition) is 6. The van der Waals surface area contributed by atoms with Gasteiger partial charge in [-0.3, -0.25) is 0 Å². The smallest absolute Gasteiger partial charge is 0.133 e. The van der Waals surface area contributed by atoms with E-state index in [0.29, 0.717) is 18.8 Å². The molecule has 6 heteroatoms. The third kappa shape index (κ3) is 2.88. The van der Waals surface area contributed by atoms with Crippen molar-refractivity contribution in [3.05, 3.63) is 34.7 Å². The van der Waals surface area contributed by atoms with E-state index in [1.165, 1.54) is 11.5 Å². The molecule has 2 N–H and O–H groups in total. The van der Waals surface area contributed by atoms with Gasteiger partial charge in [-0.15, -0.1) is 5.10 Å². The van der Waals surface area contributed by atoms with E-state index >= 15 is 0 Å². The van der Waals surface area contributed by atoms with Crippen LogP contribution in [0.25, 0.3) is 0 Å². The van der Waals surface area contributed by atoms with Gasteiger partial charge in [0, 0.05) is 18.5 Å². The van der Waals surface area contributed by atoms with Gasteiger partial charge in [-0.25, -0.2) is 0 Å². The summed E-state index contributed by atoms with van der Waals surface area (Å²) in [4.78, 5) is 0. The summed E-state index contributed by atoms with van der Waals surface area (Å²) < 4.78 is 9.07. The van der Waals surface area contributed by atoms with Crippen LogP contribution in [0.1, 0.15) is 23.3 Å². The zero-order valence-electron chi connectivity index (χ0n) is 8.88. The van der Waals surface area contributed by atoms with Crippen molar-refractivity contribution in [2.75, 3.05) is 6.54 Å². The number of nitrogens with zero attached hydrogens (tertiary/aromatic N) is 2. The van der Waals surface area contributed by atoms with Crippen molar-refractivity contribution in [2.24, 2.45) is 0 Å². The van der Waals surface area contributed by atoms with E-state index in [2.05, 4.69) is 14.9 Å². The lowest BCUT2D eigenvalue weighted by molar-refractivity contribution is 0.145. The molecule has 0 fully saturated rings. The maximum Gasteiger partial charge on any atom is 0.133 e. The summed E-state index contributed by atoms with van der Waals surface area (Å²) in [5.74, 6) is 1.39. The molecule has 2 aromatic heterocycles. The molecule has 0 aliphatic carbocycles. The second-order valence-corrected chi connectivity index (χ2v) is 4.10. The van der Waals surface area contributed by atoms with Crippen LogP contribution in [0.5, 0.6) is 0 Å². The van der Waals surface area contributed by atoms with Gasteiger partial charge in [-0.05, 0) is 30.6 Å². The van der Waals surface area contributed by atoms with Crippen LogP contribution in [0, 0.1) is 6.92 Å². The monoisotopic (exact) mass is 239 g/mol. The fourth-order valence-electron chi connectivity index (χ4n) is 1.33. The molecule has 2 heterocycles. The molecule has 0 aromatic carbocycles. The van der Waals surface area contributed by atoms with Crippen LogP contribution in [0.4, 0.5) is 0 Å². The molecule has 0 aliphatic rings. The van der Waals surface area contributed by atoms with Gasteiger partial charge in [0.1, 0.15) is 17.6 Å². The van der Waals surface area contributed by atoms with Crippen molar-refractivity contribution in [3.8, 4) is 0 Å². The summed E-state index contributed by atoms with van der Waals surface area (Å²) in [6.45, 7) is 2.89. The molecule has 16 heavy (non-hydrogen) atoms. The van der Waals surface area contributed by atoms with Gasteiger partial charge in [0.2, 0.25) is 0 Å². The normalized spacial score (nSPS) is 12.9. The Morgan fingerprint density at radius 3 is 3.06 bits per heavy atom. The molecule has 86 valence electrons. The second kappa shape index (κ2) is 5.20. The Bertz CT molecular complexity index is 427. The minimum absolute atomic E-state index is 0.435. The molecule has 0 saturated heterocycles. The van der Waals surface area contributed by atoms with Crippen molar-refractivity contribution in [3.63, 3.8) is 0 Å². The molecule has 0 spiro atoms. The first-order valence-corrected chi connectivity index (χ1v) is 5.80. The van der Waals surface area contributed by atoms with E-state index in [-0.39, 0.29) is 0 Å². The number of aliphatic hydroxyl groups excluding tert-OH is 1. The molecule has 0 aliphatic heterocycles. The Morgan fingerprint density at radius 2 is 2.44 bits per heavy atom. The molecule has 0 saturated carbocycles. The van der Waals surface area contributed by atoms with Crippen molar-refractivity contribution in [1.29, 1.82) is 0 Å². The average Bonchev–Trinajstić information content (AvgIpc) is 2.89. The number of furan rings is 1. The van der Waals surface area contributed by atoms with Crippen LogP contribution in [0.3, 0.4) is 0 Å². The maximum atomic E-state index is 9.77. The van der Waals surface area contributed by atoms with Gasteiger partial charge in [0.05, 0.1) is 5.69 Å². The number of rotatable bonds is 5. The Hall–Kier alpha value is -1.24. The second-order valence-electron chi connectivity index (χ2n) is 3.49. The number of nitrogens with one attached hydrogen (secondary N) is 1. The fraction of sp³-hybridized carbons (Fsp3) is 0.400. The minimum atomic E-state index is -0.625.